The lowest BCUT2D eigenvalue weighted by Gasteiger charge is -2.15. The van der Waals surface area contributed by atoms with Crippen LogP contribution in [0.1, 0.15) is 23.2 Å². The third-order valence-corrected chi connectivity index (χ3v) is 3.06. The van der Waals surface area contributed by atoms with Crippen LogP contribution in [0.4, 0.5) is 0 Å². The van der Waals surface area contributed by atoms with Gasteiger partial charge in [0.15, 0.2) is 5.82 Å². The molecule has 0 spiro atoms. The van der Waals surface area contributed by atoms with Gasteiger partial charge in [0.2, 0.25) is 6.39 Å². The monoisotopic (exact) mass is 216 g/mol. The van der Waals surface area contributed by atoms with E-state index in [-0.39, 0.29) is 0 Å². The summed E-state index contributed by atoms with van der Waals surface area (Å²) in [5.74, 6) is 1.48. The highest BCUT2D eigenvalue weighted by atomic mass is 16.5. The van der Waals surface area contributed by atoms with E-state index in [9.17, 15) is 0 Å². The Balaban J connectivity index is 1.90. The Kier molecular flexibility index (Phi) is 2.38. The van der Waals surface area contributed by atoms with Gasteiger partial charge < -0.3 is 9.84 Å². The van der Waals surface area contributed by atoms with Crippen LogP contribution in [0.5, 0.6) is 0 Å². The highest BCUT2D eigenvalue weighted by Gasteiger charge is 2.32. The number of nitrogens with zero attached hydrogens (tertiary/aromatic N) is 3. The molecule has 0 radical (unpaired) electrons. The molecule has 3 rings (SSSR count). The number of aromatic nitrogens is 3. The second-order valence-corrected chi connectivity index (χ2v) is 3.94. The van der Waals surface area contributed by atoms with Gasteiger partial charge in [0, 0.05) is 37.3 Å². The minimum absolute atomic E-state index is 0.293. The molecular formula is C11H12N4O. The Bertz CT molecular complexity index is 442. The van der Waals surface area contributed by atoms with E-state index in [0.29, 0.717) is 11.8 Å². The number of hydrogen-bond donors (Lipinski definition) is 1. The Morgan fingerprint density at radius 1 is 1.19 bits per heavy atom. The van der Waals surface area contributed by atoms with Crippen LogP contribution in [0.3, 0.4) is 0 Å². The summed E-state index contributed by atoms with van der Waals surface area (Å²) >= 11 is 0. The molecule has 16 heavy (non-hydrogen) atoms. The van der Waals surface area contributed by atoms with Crippen LogP contribution in [0.2, 0.25) is 0 Å². The summed E-state index contributed by atoms with van der Waals surface area (Å²) in [6, 6.07) is 4.09. The predicted molar refractivity (Wildman–Crippen MR) is 56.9 cm³/mol. The van der Waals surface area contributed by atoms with Gasteiger partial charge >= 0.3 is 0 Å². The van der Waals surface area contributed by atoms with Crippen LogP contribution in [-0.2, 0) is 0 Å². The smallest absolute Gasteiger partial charge is 0.213 e. The summed E-state index contributed by atoms with van der Waals surface area (Å²) in [5, 5.41) is 7.30. The van der Waals surface area contributed by atoms with Gasteiger partial charge in [-0.2, -0.15) is 4.98 Å². The molecule has 1 saturated heterocycles. The molecule has 1 aliphatic heterocycles. The normalized spacial score (nSPS) is 24.8. The minimum Gasteiger partial charge on any atom is -0.343 e. The molecule has 5 nitrogen and oxygen atoms in total. The van der Waals surface area contributed by atoms with Crippen molar-refractivity contribution in [1.29, 1.82) is 0 Å². The average molecular weight is 216 g/mol. The molecule has 0 amide bonds. The van der Waals surface area contributed by atoms with Gasteiger partial charge in [0.25, 0.3) is 0 Å². The van der Waals surface area contributed by atoms with Crippen molar-refractivity contribution in [3.8, 4) is 0 Å². The molecule has 0 unspecified atom stereocenters. The first-order valence-electron chi connectivity index (χ1n) is 5.32. The van der Waals surface area contributed by atoms with Gasteiger partial charge in [-0.15, -0.1) is 0 Å². The van der Waals surface area contributed by atoms with Gasteiger partial charge in [-0.1, -0.05) is 5.16 Å². The fourth-order valence-electron chi connectivity index (χ4n) is 2.25. The zero-order chi connectivity index (χ0) is 10.8. The summed E-state index contributed by atoms with van der Waals surface area (Å²) in [6.07, 6.45) is 5.03. The van der Waals surface area contributed by atoms with E-state index in [1.165, 1.54) is 12.0 Å². The van der Waals surface area contributed by atoms with E-state index >= 15 is 0 Å². The van der Waals surface area contributed by atoms with Gasteiger partial charge in [0.1, 0.15) is 0 Å². The van der Waals surface area contributed by atoms with E-state index in [2.05, 4.69) is 20.4 Å². The maximum atomic E-state index is 4.81. The zero-order valence-corrected chi connectivity index (χ0v) is 8.71. The van der Waals surface area contributed by atoms with Gasteiger partial charge in [-0.25, -0.2) is 0 Å². The first-order chi connectivity index (χ1) is 7.95. The predicted octanol–water partition coefficient (Wildman–Crippen LogP) is 0.935. The first kappa shape index (κ1) is 9.47. The summed E-state index contributed by atoms with van der Waals surface area (Å²) in [4.78, 5) is 8.17. The highest BCUT2D eigenvalue weighted by molar-refractivity contribution is 5.23. The van der Waals surface area contributed by atoms with Gasteiger partial charge in [0.05, 0.1) is 0 Å². The van der Waals surface area contributed by atoms with Crippen LogP contribution in [0.15, 0.2) is 35.4 Å². The molecule has 1 fully saturated rings. The van der Waals surface area contributed by atoms with Crippen molar-refractivity contribution in [2.24, 2.45) is 0 Å². The number of rotatable bonds is 2. The number of pyridine rings is 1. The summed E-state index contributed by atoms with van der Waals surface area (Å²) in [7, 11) is 0. The topological polar surface area (TPSA) is 63.8 Å². The lowest BCUT2D eigenvalue weighted by atomic mass is 9.89. The van der Waals surface area contributed by atoms with Crippen molar-refractivity contribution >= 4 is 0 Å². The van der Waals surface area contributed by atoms with Crippen molar-refractivity contribution in [2.45, 2.75) is 11.8 Å². The zero-order valence-electron chi connectivity index (χ0n) is 8.71. The fourth-order valence-corrected chi connectivity index (χ4v) is 2.25. The third kappa shape index (κ3) is 1.59. The SMILES string of the molecule is c1cc([C@H]2CNC[C@H]2c2ncon2)ccn1. The molecule has 5 heteroatoms. The standard InChI is InChI=1S/C11H12N4O/c1-3-12-4-2-8(1)9-5-13-6-10(9)11-14-7-16-15-11/h1-4,7,9-10,13H,5-6H2/t9-,10-/m1/s1. The van der Waals surface area contributed by atoms with Crippen LogP contribution in [0, 0.1) is 0 Å². The molecule has 3 heterocycles. The molecule has 0 aromatic carbocycles. The average Bonchev–Trinajstić information content (AvgIpc) is 3.01. The molecule has 1 aliphatic rings. The first-order valence-corrected chi connectivity index (χ1v) is 5.32. The summed E-state index contributed by atoms with van der Waals surface area (Å²) < 4.78 is 4.81. The van der Waals surface area contributed by atoms with Crippen LogP contribution < -0.4 is 5.32 Å². The molecule has 0 saturated carbocycles. The lowest BCUT2D eigenvalue weighted by molar-refractivity contribution is 0.403. The molecule has 2 aromatic heterocycles. The van der Waals surface area contributed by atoms with Crippen LogP contribution in [-0.4, -0.2) is 28.2 Å². The maximum absolute atomic E-state index is 4.81. The van der Waals surface area contributed by atoms with Crippen molar-refractivity contribution in [3.63, 3.8) is 0 Å². The van der Waals surface area contributed by atoms with E-state index in [1.54, 1.807) is 0 Å². The third-order valence-electron chi connectivity index (χ3n) is 3.06. The van der Waals surface area contributed by atoms with Gasteiger partial charge in [-0.05, 0) is 17.7 Å². The minimum atomic E-state index is 0.293. The highest BCUT2D eigenvalue weighted by Crippen LogP contribution is 2.33. The molecular weight excluding hydrogens is 204 g/mol. The Labute approximate surface area is 92.9 Å². The molecule has 0 aliphatic carbocycles. The van der Waals surface area contributed by atoms with Crippen molar-refractivity contribution in [1.82, 2.24) is 20.4 Å². The summed E-state index contributed by atoms with van der Waals surface area (Å²) in [5.41, 5.74) is 1.27. The second-order valence-electron chi connectivity index (χ2n) is 3.94. The van der Waals surface area contributed by atoms with E-state index in [0.717, 1.165) is 18.9 Å². The Morgan fingerprint density at radius 3 is 2.75 bits per heavy atom. The van der Waals surface area contributed by atoms with E-state index < -0.39 is 0 Å². The molecule has 2 aromatic rings. The number of hydrogen-bond acceptors (Lipinski definition) is 5. The molecule has 0 bridgehead atoms. The molecule has 1 N–H and O–H groups in total. The van der Waals surface area contributed by atoms with E-state index in [1.807, 2.05) is 24.5 Å². The van der Waals surface area contributed by atoms with Crippen LogP contribution in [0.25, 0.3) is 0 Å². The second kappa shape index (κ2) is 4.02. The van der Waals surface area contributed by atoms with Crippen molar-refractivity contribution in [3.05, 3.63) is 42.3 Å². The summed E-state index contributed by atoms with van der Waals surface area (Å²) in [6.45, 7) is 1.84. The van der Waals surface area contributed by atoms with Crippen molar-refractivity contribution < 1.29 is 4.52 Å². The van der Waals surface area contributed by atoms with Crippen molar-refractivity contribution in [2.75, 3.05) is 13.1 Å². The Hall–Kier alpha value is -1.75. The van der Waals surface area contributed by atoms with Crippen LogP contribution >= 0.6 is 0 Å². The molecule has 2 atom stereocenters. The molecule has 82 valence electrons. The maximum Gasteiger partial charge on any atom is 0.213 e. The van der Waals surface area contributed by atoms with Gasteiger partial charge in [-0.3, -0.25) is 4.98 Å². The Morgan fingerprint density at radius 2 is 2.00 bits per heavy atom. The largest absolute Gasteiger partial charge is 0.343 e. The number of nitrogens with one attached hydrogen (secondary N) is 1. The quantitative estimate of drug-likeness (QED) is 0.809. The fraction of sp³-hybridized carbons (Fsp3) is 0.364. The van der Waals surface area contributed by atoms with E-state index in [4.69, 9.17) is 4.52 Å². The lowest BCUT2D eigenvalue weighted by Crippen LogP contribution is -2.10.